The predicted octanol–water partition coefficient (Wildman–Crippen LogP) is 2.49. The molecule has 0 radical (unpaired) electrons. The first-order valence-electron chi connectivity index (χ1n) is 10.7. The summed E-state index contributed by atoms with van der Waals surface area (Å²) in [5, 5.41) is 4.51. The maximum atomic E-state index is 13.1. The first-order valence-corrected chi connectivity index (χ1v) is 12.1. The fraction of sp³-hybridized carbons (Fsp3) is 0.250. The topological polar surface area (TPSA) is 99.9 Å². The highest BCUT2D eigenvalue weighted by atomic mass is 32.2. The van der Waals surface area contributed by atoms with Gasteiger partial charge in [0, 0.05) is 45.2 Å². The van der Waals surface area contributed by atoms with Crippen molar-refractivity contribution >= 4 is 38.7 Å². The van der Waals surface area contributed by atoms with Gasteiger partial charge in [0.25, 0.3) is 0 Å². The number of nitrogens with zero attached hydrogens (tertiary/aromatic N) is 2. The number of nitrogens with one attached hydrogen (secondary N) is 1. The number of carbonyl (C=O) groups is 2. The van der Waals surface area contributed by atoms with Gasteiger partial charge in [-0.2, -0.15) is 4.31 Å². The molecule has 3 aromatic rings. The summed E-state index contributed by atoms with van der Waals surface area (Å²) < 4.78 is 32.7. The van der Waals surface area contributed by atoms with Crippen LogP contribution in [0.2, 0.25) is 0 Å². The van der Waals surface area contributed by atoms with E-state index < -0.39 is 10.0 Å². The molecule has 2 amide bonds. The van der Waals surface area contributed by atoms with Gasteiger partial charge in [0.05, 0.1) is 11.2 Å². The van der Waals surface area contributed by atoms with E-state index in [-0.39, 0.29) is 42.8 Å². The van der Waals surface area contributed by atoms with Gasteiger partial charge >= 0.3 is 0 Å². The first kappa shape index (κ1) is 22.8. The van der Waals surface area contributed by atoms with E-state index in [0.717, 1.165) is 10.8 Å². The molecule has 0 atom stereocenters. The minimum absolute atomic E-state index is 0.118. The quantitative estimate of drug-likeness (QED) is 0.538. The maximum Gasteiger partial charge on any atom is 0.244 e. The monoisotopic (exact) mass is 467 g/mol. The molecule has 1 saturated heterocycles. The van der Waals surface area contributed by atoms with Crippen LogP contribution in [-0.4, -0.2) is 62.2 Å². The van der Waals surface area contributed by atoms with Crippen molar-refractivity contribution in [3.8, 4) is 0 Å². The molecule has 2 aromatic carbocycles. The van der Waals surface area contributed by atoms with Gasteiger partial charge < -0.3 is 14.6 Å². The number of benzene rings is 2. The van der Waals surface area contributed by atoms with E-state index in [9.17, 15) is 18.0 Å². The zero-order valence-electron chi connectivity index (χ0n) is 18.0. The van der Waals surface area contributed by atoms with Gasteiger partial charge in [-0.25, -0.2) is 8.42 Å². The second-order valence-electron chi connectivity index (χ2n) is 7.68. The highest BCUT2D eigenvalue weighted by Gasteiger charge is 2.30. The summed E-state index contributed by atoms with van der Waals surface area (Å²) in [6.07, 6.45) is 4.56. The third-order valence-corrected chi connectivity index (χ3v) is 7.42. The van der Waals surface area contributed by atoms with Crippen molar-refractivity contribution in [2.24, 2.45) is 0 Å². The Morgan fingerprint density at radius 1 is 0.970 bits per heavy atom. The van der Waals surface area contributed by atoms with Crippen molar-refractivity contribution in [1.29, 1.82) is 0 Å². The first-order chi connectivity index (χ1) is 15.9. The fourth-order valence-electron chi connectivity index (χ4n) is 3.71. The molecule has 1 aromatic heterocycles. The summed E-state index contributed by atoms with van der Waals surface area (Å²) in [5.74, 6) is 0.135. The van der Waals surface area contributed by atoms with E-state index >= 15 is 0 Å². The molecule has 1 aliphatic rings. The molecule has 9 heteroatoms. The van der Waals surface area contributed by atoms with Gasteiger partial charge in [0.15, 0.2) is 0 Å². The van der Waals surface area contributed by atoms with Crippen molar-refractivity contribution in [2.75, 3.05) is 32.7 Å². The number of piperazine rings is 1. The Bertz CT molecular complexity index is 1260. The van der Waals surface area contributed by atoms with Crippen LogP contribution in [0.5, 0.6) is 0 Å². The van der Waals surface area contributed by atoms with Gasteiger partial charge in [-0.05, 0) is 41.1 Å². The Morgan fingerprint density at radius 3 is 2.45 bits per heavy atom. The average molecular weight is 468 g/mol. The Morgan fingerprint density at radius 2 is 1.73 bits per heavy atom. The van der Waals surface area contributed by atoms with Crippen LogP contribution in [0, 0.1) is 0 Å². The van der Waals surface area contributed by atoms with Crippen LogP contribution in [0.1, 0.15) is 12.2 Å². The number of hydrogen-bond acceptors (Lipinski definition) is 5. The van der Waals surface area contributed by atoms with E-state index in [1.807, 2.05) is 24.3 Å². The van der Waals surface area contributed by atoms with Crippen LogP contribution in [0.25, 0.3) is 16.8 Å². The Balaban J connectivity index is 1.26. The Kier molecular flexibility index (Phi) is 6.90. The Hall–Kier alpha value is -3.43. The molecule has 1 N–H and O–H groups in total. The third-order valence-electron chi connectivity index (χ3n) is 5.53. The zero-order valence-corrected chi connectivity index (χ0v) is 18.8. The second-order valence-corrected chi connectivity index (χ2v) is 9.62. The fourth-order valence-corrected chi connectivity index (χ4v) is 5.17. The SMILES string of the molecule is O=C(/C=C/c1ccco1)NCCC(=O)N1CCN(S(=O)(=O)c2ccc3ccccc3c2)CC1. The van der Waals surface area contributed by atoms with Crippen molar-refractivity contribution in [3.63, 3.8) is 0 Å². The van der Waals surface area contributed by atoms with Crippen molar-refractivity contribution in [3.05, 3.63) is 72.7 Å². The number of sulfonamides is 1. The molecule has 172 valence electrons. The summed E-state index contributed by atoms with van der Waals surface area (Å²) in [4.78, 5) is 26.2. The molecular weight excluding hydrogens is 442 g/mol. The standard InChI is InChI=1S/C24H25N3O5S/c28-23(10-8-21-6-3-17-32-21)25-12-11-24(29)26-13-15-27(16-14-26)33(30,31)22-9-7-19-4-1-2-5-20(19)18-22/h1-10,17-18H,11-16H2,(H,25,28)/b10-8+. The number of amides is 2. The smallest absolute Gasteiger partial charge is 0.244 e. The summed E-state index contributed by atoms with van der Waals surface area (Å²) >= 11 is 0. The van der Waals surface area contributed by atoms with Crippen LogP contribution in [0.3, 0.4) is 0 Å². The highest BCUT2D eigenvalue weighted by Crippen LogP contribution is 2.23. The molecule has 2 heterocycles. The number of carbonyl (C=O) groups excluding carboxylic acids is 2. The maximum absolute atomic E-state index is 13.1. The summed E-state index contributed by atoms with van der Waals surface area (Å²) in [7, 11) is -3.63. The van der Waals surface area contributed by atoms with Crippen molar-refractivity contribution in [2.45, 2.75) is 11.3 Å². The largest absolute Gasteiger partial charge is 0.465 e. The summed E-state index contributed by atoms with van der Waals surface area (Å²) in [6.45, 7) is 1.31. The molecule has 33 heavy (non-hydrogen) atoms. The molecule has 0 bridgehead atoms. The molecule has 0 unspecified atom stereocenters. The second kappa shape index (κ2) is 10.0. The number of hydrogen-bond donors (Lipinski definition) is 1. The number of furan rings is 1. The predicted molar refractivity (Wildman–Crippen MR) is 125 cm³/mol. The third kappa shape index (κ3) is 5.50. The molecular formula is C24H25N3O5S. The van der Waals surface area contributed by atoms with Gasteiger partial charge in [0.1, 0.15) is 5.76 Å². The lowest BCUT2D eigenvalue weighted by Gasteiger charge is -2.34. The van der Waals surface area contributed by atoms with Crippen LogP contribution >= 0.6 is 0 Å². The van der Waals surface area contributed by atoms with Gasteiger partial charge in [-0.1, -0.05) is 30.3 Å². The van der Waals surface area contributed by atoms with E-state index in [1.54, 1.807) is 41.3 Å². The van der Waals surface area contributed by atoms with E-state index in [2.05, 4.69) is 5.32 Å². The van der Waals surface area contributed by atoms with Crippen LogP contribution in [-0.2, 0) is 19.6 Å². The van der Waals surface area contributed by atoms with Gasteiger partial charge in [-0.15, -0.1) is 0 Å². The lowest BCUT2D eigenvalue weighted by atomic mass is 10.1. The van der Waals surface area contributed by atoms with Crippen molar-refractivity contribution < 1.29 is 22.4 Å². The van der Waals surface area contributed by atoms with Crippen molar-refractivity contribution in [1.82, 2.24) is 14.5 Å². The molecule has 0 spiro atoms. The molecule has 4 rings (SSSR count). The van der Waals surface area contributed by atoms with Crippen LogP contribution in [0.15, 0.2) is 76.2 Å². The van der Waals surface area contributed by atoms with E-state index in [1.165, 1.54) is 16.6 Å². The lowest BCUT2D eigenvalue weighted by Crippen LogP contribution is -2.50. The molecule has 1 aliphatic heterocycles. The zero-order chi connectivity index (χ0) is 23.3. The summed E-state index contributed by atoms with van der Waals surface area (Å²) in [6, 6.07) is 16.2. The van der Waals surface area contributed by atoms with Gasteiger partial charge in [-0.3, -0.25) is 9.59 Å². The van der Waals surface area contributed by atoms with E-state index in [0.29, 0.717) is 18.8 Å². The Labute approximate surface area is 192 Å². The number of rotatable bonds is 7. The molecule has 8 nitrogen and oxygen atoms in total. The normalized spacial score (nSPS) is 15.2. The molecule has 1 fully saturated rings. The highest BCUT2D eigenvalue weighted by molar-refractivity contribution is 7.89. The molecule has 0 saturated carbocycles. The lowest BCUT2D eigenvalue weighted by molar-refractivity contribution is -0.132. The minimum atomic E-state index is -3.63. The molecule has 0 aliphatic carbocycles. The average Bonchev–Trinajstić information content (AvgIpc) is 3.36. The van der Waals surface area contributed by atoms with Gasteiger partial charge in [0.2, 0.25) is 21.8 Å². The number of fused-ring (bicyclic) bond motifs is 1. The minimum Gasteiger partial charge on any atom is -0.465 e. The van der Waals surface area contributed by atoms with E-state index in [4.69, 9.17) is 4.42 Å². The van der Waals surface area contributed by atoms with Crippen LogP contribution < -0.4 is 5.32 Å². The summed E-state index contributed by atoms with van der Waals surface area (Å²) in [5.41, 5.74) is 0. The van der Waals surface area contributed by atoms with Crippen LogP contribution in [0.4, 0.5) is 0 Å².